The Morgan fingerprint density at radius 3 is 0.674 bits per heavy atom. The molecular formula is C81H143NO4. The summed E-state index contributed by atoms with van der Waals surface area (Å²) >= 11 is 0. The summed E-state index contributed by atoms with van der Waals surface area (Å²) in [5.74, 6) is -1.06. The number of hydrogen-bond donors (Lipinski definition) is 0. The fraction of sp³-hybridized carbons (Fsp3) is 0.802. The second-order valence-corrected chi connectivity index (χ2v) is 26.9. The average molecular weight is 1200 g/mol. The van der Waals surface area contributed by atoms with Gasteiger partial charge in [-0.2, -0.15) is 0 Å². The highest BCUT2D eigenvalue weighted by atomic mass is 16.8. The molecule has 3 aliphatic rings. The molecule has 0 spiro atoms. The third-order valence-corrected chi connectivity index (χ3v) is 18.5. The average Bonchev–Trinajstić information content (AvgIpc) is 2.01. The summed E-state index contributed by atoms with van der Waals surface area (Å²) in [5.41, 5.74) is 0. The molecule has 496 valence electrons. The van der Waals surface area contributed by atoms with Crippen LogP contribution in [0.5, 0.6) is 0 Å². The zero-order valence-electron chi connectivity index (χ0n) is 57.8. The summed E-state index contributed by atoms with van der Waals surface area (Å²) in [4.78, 5) is 2.48. The van der Waals surface area contributed by atoms with Crippen LogP contribution in [0.3, 0.4) is 0 Å². The van der Waals surface area contributed by atoms with Crippen LogP contribution in [0.15, 0.2) is 97.2 Å². The second kappa shape index (κ2) is 56.7. The number of ether oxygens (including phenoxy) is 4. The standard InChI is InChI=1S/C81H143NO4/c1-6-10-14-18-22-26-30-34-38-42-46-50-54-58-62-66-70-80(71-67-63-59-55-51-47-43-39-35-31-27-23-19-15-11-7-2)83-76-74-82(5)75-77-79(78(76)85-80)86-81(84-77,72-68-64-60-56-52-48-44-40-36-32-28-24-20-16-12-8-3)73-69-65-61-57-53-49-45-41-37-33-29-25-21-17-13-9-4/h22-29,34-41,76-79H,6-21,30-33,42-75H2,1-5H3. The van der Waals surface area contributed by atoms with E-state index in [0.29, 0.717) is 0 Å². The smallest absolute Gasteiger partial charge is 0.169 e. The minimum Gasteiger partial charge on any atom is -0.343 e. The Bertz CT molecular complexity index is 1520. The first-order valence-electron chi connectivity index (χ1n) is 38.1. The highest BCUT2D eigenvalue weighted by Gasteiger charge is 2.59. The van der Waals surface area contributed by atoms with Crippen molar-refractivity contribution in [3.8, 4) is 0 Å². The number of allylic oxidation sites excluding steroid dienone is 16. The van der Waals surface area contributed by atoms with Crippen molar-refractivity contribution in [2.75, 3.05) is 20.1 Å². The summed E-state index contributed by atoms with van der Waals surface area (Å²) in [6, 6.07) is 0. The van der Waals surface area contributed by atoms with Crippen molar-refractivity contribution in [3.05, 3.63) is 97.2 Å². The summed E-state index contributed by atoms with van der Waals surface area (Å²) < 4.78 is 29.8. The maximum atomic E-state index is 7.51. The van der Waals surface area contributed by atoms with E-state index in [2.05, 4.69) is 137 Å². The Kier molecular flexibility index (Phi) is 51.4. The number of unbranched alkanes of at least 4 members (excludes halogenated alkanes) is 36. The molecule has 0 aromatic carbocycles. The van der Waals surface area contributed by atoms with Crippen molar-refractivity contribution in [1.82, 2.24) is 4.90 Å². The highest BCUT2D eigenvalue weighted by Crippen LogP contribution is 2.47. The highest BCUT2D eigenvalue weighted by molar-refractivity contribution is 5.03. The molecule has 0 aromatic heterocycles. The van der Waals surface area contributed by atoms with Crippen molar-refractivity contribution < 1.29 is 18.9 Å². The summed E-state index contributed by atoms with van der Waals surface area (Å²) in [7, 11) is 2.28. The van der Waals surface area contributed by atoms with Gasteiger partial charge in [-0.1, -0.05) is 279 Å². The van der Waals surface area contributed by atoms with Gasteiger partial charge < -0.3 is 23.8 Å². The largest absolute Gasteiger partial charge is 0.343 e. The van der Waals surface area contributed by atoms with Crippen LogP contribution in [0.4, 0.5) is 0 Å². The van der Waals surface area contributed by atoms with Gasteiger partial charge >= 0.3 is 0 Å². The number of rotatable bonds is 60. The minimum atomic E-state index is -0.529. The van der Waals surface area contributed by atoms with E-state index in [1.807, 2.05) is 0 Å². The van der Waals surface area contributed by atoms with Crippen molar-refractivity contribution in [2.45, 2.75) is 398 Å². The van der Waals surface area contributed by atoms with E-state index >= 15 is 0 Å². The van der Waals surface area contributed by atoms with Crippen LogP contribution < -0.4 is 0 Å². The lowest BCUT2D eigenvalue weighted by atomic mass is 9.98. The van der Waals surface area contributed by atoms with Gasteiger partial charge in [0, 0.05) is 38.8 Å². The summed E-state index contributed by atoms with van der Waals surface area (Å²) in [5, 5.41) is 0. The number of likely N-dealkylation sites (N-methyl/N-ethyl adjacent to an activating group) is 1. The SMILES string of the molecule is CCCCCC=CCC=CCCCCCCCCC1(CCCCCCCCC=CCC=CCCCCC)OC2CN(C)CC3OC(CCCCCCCCC=CCC=CCCCCC)(CCCCCCCCC=CCC=CCCCCC)OC3C2O1. The van der Waals surface area contributed by atoms with E-state index in [0.717, 1.165) is 64.5 Å². The molecule has 3 rings (SSSR count). The van der Waals surface area contributed by atoms with Gasteiger partial charge in [-0.25, -0.2) is 0 Å². The molecule has 3 aliphatic heterocycles. The molecule has 0 aromatic rings. The molecule has 4 atom stereocenters. The van der Waals surface area contributed by atoms with Crippen LogP contribution in [-0.4, -0.2) is 61.0 Å². The number of fused-ring (bicyclic) bond motifs is 3. The molecule has 0 aliphatic carbocycles. The van der Waals surface area contributed by atoms with Crippen molar-refractivity contribution >= 4 is 0 Å². The van der Waals surface area contributed by atoms with Crippen LogP contribution in [0.25, 0.3) is 0 Å². The number of nitrogens with zero attached hydrogens (tertiary/aromatic N) is 1. The van der Waals surface area contributed by atoms with Gasteiger partial charge in [-0.05, 0) is 161 Å². The second-order valence-electron chi connectivity index (χ2n) is 26.9. The third kappa shape index (κ3) is 41.2. The minimum absolute atomic E-state index is 0.00678. The van der Waals surface area contributed by atoms with E-state index in [9.17, 15) is 0 Å². The zero-order chi connectivity index (χ0) is 61.2. The molecule has 0 radical (unpaired) electrons. The van der Waals surface area contributed by atoms with Gasteiger partial charge in [0.25, 0.3) is 0 Å². The van der Waals surface area contributed by atoms with Crippen molar-refractivity contribution in [3.63, 3.8) is 0 Å². The van der Waals surface area contributed by atoms with Gasteiger partial charge in [0.1, 0.15) is 24.4 Å². The molecule has 5 nitrogen and oxygen atoms in total. The quantitative estimate of drug-likeness (QED) is 0.0448. The monoisotopic (exact) mass is 1190 g/mol. The van der Waals surface area contributed by atoms with Gasteiger partial charge in [-0.15, -0.1) is 0 Å². The lowest BCUT2D eigenvalue weighted by Crippen LogP contribution is -2.42. The molecule has 3 fully saturated rings. The molecule has 3 saturated heterocycles. The van der Waals surface area contributed by atoms with Gasteiger partial charge in [0.2, 0.25) is 0 Å². The lowest BCUT2D eigenvalue weighted by Gasteiger charge is -2.31. The lowest BCUT2D eigenvalue weighted by molar-refractivity contribution is -0.211. The van der Waals surface area contributed by atoms with E-state index < -0.39 is 11.6 Å². The van der Waals surface area contributed by atoms with E-state index in [1.54, 1.807) is 0 Å². The van der Waals surface area contributed by atoms with E-state index in [1.165, 1.54) is 283 Å². The summed E-state index contributed by atoms with van der Waals surface area (Å²) in [6.45, 7) is 10.9. The van der Waals surface area contributed by atoms with Gasteiger partial charge in [0.05, 0.1) is 0 Å². The first-order valence-corrected chi connectivity index (χ1v) is 38.1. The van der Waals surface area contributed by atoms with Crippen LogP contribution in [0, 0.1) is 0 Å². The Morgan fingerprint density at radius 2 is 0.453 bits per heavy atom. The molecular weight excluding hydrogens is 1050 g/mol. The Morgan fingerprint density at radius 1 is 0.256 bits per heavy atom. The molecule has 0 amide bonds. The molecule has 0 bridgehead atoms. The normalized spacial score (nSPS) is 22.2. The molecule has 5 heteroatoms. The van der Waals surface area contributed by atoms with Crippen LogP contribution in [0.1, 0.15) is 362 Å². The first kappa shape index (κ1) is 78.0. The van der Waals surface area contributed by atoms with Crippen LogP contribution in [-0.2, 0) is 18.9 Å². The first-order chi connectivity index (χ1) is 42.5. The fourth-order valence-electron chi connectivity index (χ4n) is 13.2. The predicted molar refractivity (Wildman–Crippen MR) is 378 cm³/mol. The topological polar surface area (TPSA) is 40.2 Å². The summed E-state index contributed by atoms with van der Waals surface area (Å²) in [6.07, 6.45) is 102. The molecule has 86 heavy (non-hydrogen) atoms. The molecule has 0 saturated carbocycles. The maximum Gasteiger partial charge on any atom is 0.169 e. The Hall–Kier alpha value is -2.28. The van der Waals surface area contributed by atoms with E-state index in [4.69, 9.17) is 18.9 Å². The predicted octanol–water partition coefficient (Wildman–Crippen LogP) is 25.7. The Balaban J connectivity index is 1.58. The third-order valence-electron chi connectivity index (χ3n) is 18.5. The maximum absolute atomic E-state index is 7.51. The van der Waals surface area contributed by atoms with Crippen LogP contribution >= 0.6 is 0 Å². The zero-order valence-corrected chi connectivity index (χ0v) is 57.8. The van der Waals surface area contributed by atoms with Gasteiger partial charge in [0.15, 0.2) is 11.6 Å². The molecule has 3 heterocycles. The Labute approximate surface area is 536 Å². The molecule has 4 unspecified atom stereocenters. The number of hydrogen-bond acceptors (Lipinski definition) is 5. The van der Waals surface area contributed by atoms with Crippen molar-refractivity contribution in [1.29, 1.82) is 0 Å². The number of likely N-dealkylation sites (tertiary alicyclic amines) is 1. The van der Waals surface area contributed by atoms with Crippen LogP contribution in [0.2, 0.25) is 0 Å². The molecule has 0 N–H and O–H groups in total. The van der Waals surface area contributed by atoms with Crippen molar-refractivity contribution in [2.24, 2.45) is 0 Å². The fourth-order valence-corrected chi connectivity index (χ4v) is 13.2. The van der Waals surface area contributed by atoms with E-state index in [-0.39, 0.29) is 24.4 Å². The van der Waals surface area contributed by atoms with Gasteiger partial charge in [-0.3, -0.25) is 0 Å².